The molecule has 2 aromatic rings. The van der Waals surface area contributed by atoms with E-state index in [4.69, 9.17) is 5.73 Å². The lowest BCUT2D eigenvalue weighted by atomic mass is 10.0. The fraction of sp³-hybridized carbons (Fsp3) is 0.214. The standard InChI is InChI=1S/C14H17N3/c1-9-6-10(2)14(11(3)7-9)17-12-4-5-16-13(15)8-12/h4-8H,1-3H3,(H3,15,16,17). The summed E-state index contributed by atoms with van der Waals surface area (Å²) in [7, 11) is 0. The molecular formula is C14H17N3. The zero-order chi connectivity index (χ0) is 12.4. The van der Waals surface area contributed by atoms with Gasteiger partial charge in [0.15, 0.2) is 0 Å². The number of nitrogens with two attached hydrogens (primary N) is 1. The highest BCUT2D eigenvalue weighted by molar-refractivity contribution is 5.68. The van der Waals surface area contributed by atoms with Crippen LogP contribution in [0.25, 0.3) is 0 Å². The van der Waals surface area contributed by atoms with Crippen molar-refractivity contribution in [1.82, 2.24) is 4.98 Å². The molecule has 0 fully saturated rings. The number of benzene rings is 1. The second-order valence-electron chi connectivity index (χ2n) is 4.37. The van der Waals surface area contributed by atoms with Crippen molar-refractivity contribution in [1.29, 1.82) is 0 Å². The Labute approximate surface area is 102 Å². The maximum Gasteiger partial charge on any atom is 0.125 e. The van der Waals surface area contributed by atoms with Gasteiger partial charge in [-0.05, 0) is 38.0 Å². The van der Waals surface area contributed by atoms with Crippen molar-refractivity contribution in [2.24, 2.45) is 0 Å². The van der Waals surface area contributed by atoms with Gasteiger partial charge in [-0.3, -0.25) is 0 Å². The summed E-state index contributed by atoms with van der Waals surface area (Å²) in [5.74, 6) is 0.525. The van der Waals surface area contributed by atoms with Crippen LogP contribution in [0, 0.1) is 20.8 Å². The van der Waals surface area contributed by atoms with Gasteiger partial charge in [0.25, 0.3) is 0 Å². The molecule has 1 aromatic carbocycles. The molecule has 0 atom stereocenters. The Hall–Kier alpha value is -2.03. The van der Waals surface area contributed by atoms with Crippen molar-refractivity contribution in [3.63, 3.8) is 0 Å². The van der Waals surface area contributed by atoms with E-state index in [9.17, 15) is 0 Å². The normalized spacial score (nSPS) is 10.3. The molecule has 0 spiro atoms. The zero-order valence-electron chi connectivity index (χ0n) is 10.4. The molecule has 88 valence electrons. The van der Waals surface area contributed by atoms with Crippen LogP contribution in [-0.2, 0) is 0 Å². The van der Waals surface area contributed by atoms with Crippen molar-refractivity contribution in [2.45, 2.75) is 20.8 Å². The number of rotatable bonds is 2. The number of hydrogen-bond acceptors (Lipinski definition) is 3. The lowest BCUT2D eigenvalue weighted by Crippen LogP contribution is -1.98. The van der Waals surface area contributed by atoms with Crippen LogP contribution >= 0.6 is 0 Å². The number of hydrogen-bond donors (Lipinski definition) is 2. The summed E-state index contributed by atoms with van der Waals surface area (Å²) in [4.78, 5) is 3.98. The molecule has 3 N–H and O–H groups in total. The van der Waals surface area contributed by atoms with Gasteiger partial charge in [-0.2, -0.15) is 0 Å². The van der Waals surface area contributed by atoms with Gasteiger partial charge >= 0.3 is 0 Å². The SMILES string of the molecule is Cc1cc(C)c(Nc2ccnc(N)c2)c(C)c1. The van der Waals surface area contributed by atoms with Crippen molar-refractivity contribution < 1.29 is 0 Å². The fourth-order valence-electron chi connectivity index (χ4n) is 2.05. The van der Waals surface area contributed by atoms with E-state index < -0.39 is 0 Å². The minimum Gasteiger partial charge on any atom is -0.384 e. The second-order valence-corrected chi connectivity index (χ2v) is 4.37. The third kappa shape index (κ3) is 2.56. The Kier molecular flexibility index (Phi) is 3.00. The Balaban J connectivity index is 2.36. The first kappa shape index (κ1) is 11.5. The van der Waals surface area contributed by atoms with E-state index in [2.05, 4.69) is 43.2 Å². The van der Waals surface area contributed by atoms with Crippen LogP contribution in [0.4, 0.5) is 17.2 Å². The first-order chi connectivity index (χ1) is 8.06. The smallest absolute Gasteiger partial charge is 0.125 e. The van der Waals surface area contributed by atoms with E-state index in [0.29, 0.717) is 5.82 Å². The van der Waals surface area contributed by atoms with E-state index >= 15 is 0 Å². The molecule has 0 unspecified atom stereocenters. The molecule has 0 bridgehead atoms. The third-order valence-corrected chi connectivity index (χ3v) is 2.73. The number of pyridine rings is 1. The van der Waals surface area contributed by atoms with E-state index in [0.717, 1.165) is 11.4 Å². The fourth-order valence-corrected chi connectivity index (χ4v) is 2.05. The van der Waals surface area contributed by atoms with Crippen LogP contribution in [0.1, 0.15) is 16.7 Å². The molecule has 0 radical (unpaired) electrons. The quantitative estimate of drug-likeness (QED) is 0.827. The number of anilines is 3. The summed E-state index contributed by atoms with van der Waals surface area (Å²) in [5.41, 5.74) is 11.5. The van der Waals surface area contributed by atoms with Crippen LogP contribution in [-0.4, -0.2) is 4.98 Å². The first-order valence-electron chi connectivity index (χ1n) is 5.62. The number of nitrogen functional groups attached to an aromatic ring is 1. The summed E-state index contributed by atoms with van der Waals surface area (Å²) in [6, 6.07) is 8.08. The van der Waals surface area contributed by atoms with E-state index in [-0.39, 0.29) is 0 Å². The molecule has 0 aliphatic rings. The molecule has 0 saturated carbocycles. The molecule has 1 heterocycles. The number of aromatic nitrogens is 1. The molecule has 3 nitrogen and oxygen atoms in total. The summed E-state index contributed by atoms with van der Waals surface area (Å²) in [5, 5.41) is 3.39. The first-order valence-corrected chi connectivity index (χ1v) is 5.62. The third-order valence-electron chi connectivity index (χ3n) is 2.73. The zero-order valence-corrected chi connectivity index (χ0v) is 10.4. The van der Waals surface area contributed by atoms with Gasteiger partial charge in [0.2, 0.25) is 0 Å². The average Bonchev–Trinajstić information content (AvgIpc) is 2.23. The van der Waals surface area contributed by atoms with Crippen molar-refractivity contribution >= 4 is 17.2 Å². The van der Waals surface area contributed by atoms with E-state index in [1.165, 1.54) is 16.7 Å². The van der Waals surface area contributed by atoms with Gasteiger partial charge in [-0.25, -0.2) is 4.98 Å². The monoisotopic (exact) mass is 227 g/mol. The molecule has 0 saturated heterocycles. The Bertz CT molecular complexity index is 524. The molecule has 0 aliphatic carbocycles. The molecule has 1 aromatic heterocycles. The molecular weight excluding hydrogens is 210 g/mol. The van der Waals surface area contributed by atoms with Crippen molar-refractivity contribution in [3.05, 3.63) is 47.2 Å². The van der Waals surface area contributed by atoms with Gasteiger partial charge in [0.1, 0.15) is 5.82 Å². The average molecular weight is 227 g/mol. The van der Waals surface area contributed by atoms with Crippen LogP contribution in [0.3, 0.4) is 0 Å². The predicted molar refractivity (Wildman–Crippen MR) is 72.6 cm³/mol. The number of nitrogens with one attached hydrogen (secondary N) is 1. The largest absolute Gasteiger partial charge is 0.384 e. The summed E-state index contributed by atoms with van der Waals surface area (Å²) < 4.78 is 0. The van der Waals surface area contributed by atoms with Crippen LogP contribution in [0.5, 0.6) is 0 Å². The van der Waals surface area contributed by atoms with Gasteiger partial charge in [-0.1, -0.05) is 17.7 Å². The van der Waals surface area contributed by atoms with E-state index in [1.807, 2.05) is 12.1 Å². The molecule has 0 aliphatic heterocycles. The maximum absolute atomic E-state index is 5.66. The summed E-state index contributed by atoms with van der Waals surface area (Å²) >= 11 is 0. The Morgan fingerprint density at radius 1 is 1.06 bits per heavy atom. The summed E-state index contributed by atoms with van der Waals surface area (Å²) in [6.07, 6.45) is 1.70. The topological polar surface area (TPSA) is 50.9 Å². The van der Waals surface area contributed by atoms with Gasteiger partial charge in [0, 0.05) is 23.6 Å². The minimum absolute atomic E-state index is 0.525. The van der Waals surface area contributed by atoms with Gasteiger partial charge in [0.05, 0.1) is 0 Å². The van der Waals surface area contributed by atoms with Gasteiger partial charge in [-0.15, -0.1) is 0 Å². The molecule has 17 heavy (non-hydrogen) atoms. The summed E-state index contributed by atoms with van der Waals surface area (Å²) in [6.45, 7) is 6.31. The van der Waals surface area contributed by atoms with Crippen molar-refractivity contribution in [3.8, 4) is 0 Å². The maximum atomic E-state index is 5.66. The van der Waals surface area contributed by atoms with Crippen molar-refractivity contribution in [2.75, 3.05) is 11.1 Å². The highest BCUT2D eigenvalue weighted by Gasteiger charge is 2.04. The predicted octanol–water partition coefficient (Wildman–Crippen LogP) is 3.33. The highest BCUT2D eigenvalue weighted by Crippen LogP contribution is 2.26. The number of nitrogens with zero attached hydrogens (tertiary/aromatic N) is 1. The number of aryl methyl sites for hydroxylation is 3. The minimum atomic E-state index is 0.525. The molecule has 3 heteroatoms. The lowest BCUT2D eigenvalue weighted by molar-refractivity contribution is 1.29. The second kappa shape index (κ2) is 4.45. The van der Waals surface area contributed by atoms with Crippen LogP contribution in [0.2, 0.25) is 0 Å². The Morgan fingerprint density at radius 3 is 2.29 bits per heavy atom. The lowest BCUT2D eigenvalue weighted by Gasteiger charge is -2.14. The van der Waals surface area contributed by atoms with Gasteiger partial charge < -0.3 is 11.1 Å². The van der Waals surface area contributed by atoms with E-state index in [1.54, 1.807) is 6.20 Å². The molecule has 2 rings (SSSR count). The molecule has 0 amide bonds. The highest BCUT2D eigenvalue weighted by atomic mass is 14.9. The Morgan fingerprint density at radius 2 is 1.71 bits per heavy atom. The van der Waals surface area contributed by atoms with Crippen LogP contribution < -0.4 is 11.1 Å². The van der Waals surface area contributed by atoms with Crippen LogP contribution in [0.15, 0.2) is 30.5 Å².